The van der Waals surface area contributed by atoms with Gasteiger partial charge in [-0.25, -0.2) is 0 Å². The van der Waals surface area contributed by atoms with E-state index < -0.39 is 0 Å². The fourth-order valence-corrected chi connectivity index (χ4v) is 1.02. The molecule has 0 aliphatic carbocycles. The summed E-state index contributed by atoms with van der Waals surface area (Å²) in [5, 5.41) is 17.2. The predicted molar refractivity (Wildman–Crippen MR) is 73.7 cm³/mol. The van der Waals surface area contributed by atoms with Gasteiger partial charge >= 0.3 is 0 Å². The molecule has 0 saturated heterocycles. The second-order valence-electron chi connectivity index (χ2n) is 3.97. The number of carbonyl (C=O) groups excluding carboxylic acids is 2. The summed E-state index contributed by atoms with van der Waals surface area (Å²) in [6.07, 6.45) is 0.542. The maximum absolute atomic E-state index is 8.60. The van der Waals surface area contributed by atoms with Crippen molar-refractivity contribution in [2.24, 2.45) is 0 Å². The molecule has 0 bridgehead atoms. The Morgan fingerprint density at radius 1 is 0.789 bits per heavy atom. The maximum atomic E-state index is 8.60. The summed E-state index contributed by atoms with van der Waals surface area (Å²) in [6, 6.07) is -0.250. The Morgan fingerprint density at radius 2 is 0.947 bits per heavy atom. The zero-order valence-electron chi connectivity index (χ0n) is 11.9. The van der Waals surface area contributed by atoms with E-state index in [-0.39, 0.29) is 41.1 Å². The van der Waals surface area contributed by atoms with E-state index >= 15 is 0 Å². The molecule has 19 heavy (non-hydrogen) atoms. The molecule has 121 valence electrons. The zero-order valence-corrected chi connectivity index (χ0v) is 13.0. The van der Waals surface area contributed by atoms with Crippen LogP contribution in [0.5, 0.6) is 0 Å². The summed E-state index contributed by atoms with van der Waals surface area (Å²) in [7, 11) is 0. The number of rotatable bonds is 4. The van der Waals surface area contributed by atoms with Crippen molar-refractivity contribution in [2.45, 2.75) is 64.8 Å². The first-order chi connectivity index (χ1) is 8.25. The topological polar surface area (TPSA) is 122 Å². The summed E-state index contributed by atoms with van der Waals surface area (Å²) in [4.78, 5) is 15.5. The van der Waals surface area contributed by atoms with Gasteiger partial charge in [-0.15, -0.1) is 12.1 Å². The summed E-state index contributed by atoms with van der Waals surface area (Å²) in [6.45, 7) is 13.4. The predicted octanol–water partition coefficient (Wildman–Crippen LogP) is 1.85. The molecule has 0 aliphatic heterocycles. The van der Waals surface area contributed by atoms with Crippen LogP contribution < -0.4 is 0 Å². The van der Waals surface area contributed by atoms with Crippen LogP contribution in [0, 0.1) is 0 Å². The van der Waals surface area contributed by atoms with Crippen LogP contribution in [0.25, 0.3) is 11.5 Å². The van der Waals surface area contributed by atoms with Gasteiger partial charge in [0.2, 0.25) is 0 Å². The maximum Gasteiger partial charge on any atom is 0.0498 e. The van der Waals surface area contributed by atoms with E-state index in [1.165, 1.54) is 0 Å². The Bertz CT molecular complexity index is 120. The van der Waals surface area contributed by atoms with Gasteiger partial charge in [0, 0.05) is 29.0 Å². The third kappa shape index (κ3) is 73.7. The molecule has 1 radical (unpaired) electrons. The molecule has 0 aromatic rings. The van der Waals surface area contributed by atoms with E-state index in [1.807, 2.05) is 0 Å². The standard InChI is InChI=1S/2C5H12NO.2CHO.Co/c2*1-4(6)3-5(2)7;2*1-2;/h2*4-7H,3H2,1-2H3;2*1H;/q4*-1;. The van der Waals surface area contributed by atoms with Gasteiger partial charge in [-0.2, -0.15) is 0 Å². The van der Waals surface area contributed by atoms with E-state index in [4.69, 9.17) is 31.3 Å². The Hall–Kier alpha value is -0.314. The Balaban J connectivity index is -0.0000000522. The van der Waals surface area contributed by atoms with Gasteiger partial charge in [0.25, 0.3) is 0 Å². The molecule has 4 atom stereocenters. The first-order valence-electron chi connectivity index (χ1n) is 5.51. The number of aliphatic hydroxyl groups excluding tert-OH is 2. The van der Waals surface area contributed by atoms with Crippen LogP contribution in [0.4, 0.5) is 0 Å². The minimum atomic E-state index is -0.313. The monoisotopic (exact) mass is 321 g/mol. The van der Waals surface area contributed by atoms with Crippen LogP contribution in [0.1, 0.15) is 40.5 Å². The molecule has 4 unspecified atom stereocenters. The normalized spacial score (nSPS) is 14.3. The summed E-state index contributed by atoms with van der Waals surface area (Å²) >= 11 is 0. The van der Waals surface area contributed by atoms with Gasteiger partial charge in [-0.05, 0) is 26.7 Å². The van der Waals surface area contributed by atoms with Crippen LogP contribution in [0.3, 0.4) is 0 Å². The molecule has 4 N–H and O–H groups in total. The van der Waals surface area contributed by atoms with Gasteiger partial charge in [0.15, 0.2) is 0 Å². The fraction of sp³-hybridized carbons (Fsp3) is 0.833. The molecule has 0 heterocycles. The number of hydrogen-bond donors (Lipinski definition) is 2. The zero-order chi connectivity index (χ0) is 15.7. The van der Waals surface area contributed by atoms with E-state index in [1.54, 1.807) is 27.7 Å². The van der Waals surface area contributed by atoms with Crippen LogP contribution in [-0.2, 0) is 26.4 Å². The second kappa shape index (κ2) is 26.3. The third-order valence-electron chi connectivity index (χ3n) is 1.39. The van der Waals surface area contributed by atoms with Crippen molar-refractivity contribution in [1.82, 2.24) is 0 Å². The van der Waals surface area contributed by atoms with Crippen molar-refractivity contribution < 1.29 is 36.6 Å². The third-order valence-corrected chi connectivity index (χ3v) is 1.39. The molecule has 0 rings (SSSR count). The molecule has 0 aromatic heterocycles. The largest absolute Gasteiger partial charge is 0.675 e. The number of hydrogen-bond acceptors (Lipinski definition) is 4. The number of nitrogens with one attached hydrogen (secondary N) is 2. The minimum absolute atomic E-state index is 0. The Morgan fingerprint density at radius 3 is 0.947 bits per heavy atom. The van der Waals surface area contributed by atoms with Crippen LogP contribution in [-0.4, -0.2) is 48.1 Å². The molecule has 6 nitrogen and oxygen atoms in total. The molecule has 0 spiro atoms. The molecule has 0 fully saturated rings. The van der Waals surface area contributed by atoms with Crippen molar-refractivity contribution >= 4 is 13.6 Å². The van der Waals surface area contributed by atoms with Gasteiger partial charge < -0.3 is 31.3 Å². The average molecular weight is 321 g/mol. The molecule has 0 aliphatic rings. The number of aliphatic hydroxyl groups is 2. The van der Waals surface area contributed by atoms with Crippen LogP contribution in [0.15, 0.2) is 0 Å². The van der Waals surface area contributed by atoms with Crippen LogP contribution >= 0.6 is 0 Å². The van der Waals surface area contributed by atoms with E-state index in [9.17, 15) is 0 Å². The average Bonchev–Trinajstić information content (AvgIpc) is 2.20. The molecule has 0 saturated carbocycles. The molecule has 7 heteroatoms. The Labute approximate surface area is 127 Å². The van der Waals surface area contributed by atoms with Crippen molar-refractivity contribution in [2.75, 3.05) is 0 Å². The van der Waals surface area contributed by atoms with E-state index in [0.29, 0.717) is 12.8 Å². The quantitative estimate of drug-likeness (QED) is 0.606. The molecular weight excluding hydrogens is 295 g/mol. The van der Waals surface area contributed by atoms with Gasteiger partial charge in [0.05, 0.1) is 0 Å². The summed E-state index contributed by atoms with van der Waals surface area (Å²) in [5.74, 6) is 0. The van der Waals surface area contributed by atoms with E-state index in [0.717, 1.165) is 0 Å². The molecule has 0 aromatic carbocycles. The Kier molecular flexibility index (Phi) is 43.2. The van der Waals surface area contributed by atoms with Gasteiger partial charge in [0.1, 0.15) is 0 Å². The van der Waals surface area contributed by atoms with E-state index in [2.05, 4.69) is 13.6 Å². The SMILES string of the molecule is CC([NH-])CC(C)O.CC([NH-])CC(C)O.[CH-]=O.[CH-]=O.[Co]. The van der Waals surface area contributed by atoms with Crippen molar-refractivity contribution in [1.29, 1.82) is 0 Å². The first-order valence-corrected chi connectivity index (χ1v) is 5.51. The van der Waals surface area contributed by atoms with Crippen molar-refractivity contribution in [3.63, 3.8) is 0 Å². The minimum Gasteiger partial charge on any atom is -0.675 e. The molecular formula is C12H26CoN2O4-4. The molecule has 0 amide bonds. The van der Waals surface area contributed by atoms with Crippen LogP contribution in [0.2, 0.25) is 0 Å². The summed E-state index contributed by atoms with van der Waals surface area (Å²) < 4.78 is 0. The smallest absolute Gasteiger partial charge is 0.0498 e. The second-order valence-corrected chi connectivity index (χ2v) is 3.97. The summed E-state index contributed by atoms with van der Waals surface area (Å²) in [5.41, 5.74) is 13.9. The fourth-order valence-electron chi connectivity index (χ4n) is 1.02. The van der Waals surface area contributed by atoms with Crippen molar-refractivity contribution in [3.8, 4) is 0 Å². The van der Waals surface area contributed by atoms with Gasteiger partial charge in [-0.1, -0.05) is 13.8 Å². The van der Waals surface area contributed by atoms with Crippen molar-refractivity contribution in [3.05, 3.63) is 11.5 Å². The first kappa shape index (κ1) is 31.2. The van der Waals surface area contributed by atoms with Gasteiger partial charge in [-0.3, -0.25) is 13.6 Å².